The molecule has 0 saturated carbocycles. The number of ether oxygens (including phenoxy) is 1. The zero-order chi connectivity index (χ0) is 14.9. The van der Waals surface area contributed by atoms with E-state index in [1.54, 1.807) is 28.8 Å². The van der Waals surface area contributed by atoms with Gasteiger partial charge in [-0.1, -0.05) is 0 Å². The number of carbonyl (C=O) groups is 2. The van der Waals surface area contributed by atoms with Crippen LogP contribution in [0.5, 0.6) is 0 Å². The van der Waals surface area contributed by atoms with E-state index in [0.29, 0.717) is 18.8 Å². The number of nitrogens with two attached hydrogens (primary N) is 1. The van der Waals surface area contributed by atoms with Gasteiger partial charge in [0.05, 0.1) is 13.2 Å². The topological polar surface area (TPSA) is 90.4 Å². The highest BCUT2D eigenvalue weighted by Crippen LogP contribution is 2.20. The van der Waals surface area contributed by atoms with E-state index in [2.05, 4.69) is 5.10 Å². The fourth-order valence-electron chi connectivity index (χ4n) is 2.25. The molecule has 1 atom stereocenters. The highest BCUT2D eigenvalue weighted by Gasteiger charge is 2.39. The molecule has 1 unspecified atom stereocenters. The molecule has 0 bridgehead atoms. The molecule has 0 aromatic carbocycles. The average molecular weight is 280 g/mol. The van der Waals surface area contributed by atoms with Gasteiger partial charge in [0.1, 0.15) is 5.69 Å². The molecule has 1 fully saturated rings. The van der Waals surface area contributed by atoms with Gasteiger partial charge in [-0.3, -0.25) is 14.3 Å². The molecule has 2 N–H and O–H groups in total. The summed E-state index contributed by atoms with van der Waals surface area (Å²) in [7, 11) is 0. The van der Waals surface area contributed by atoms with E-state index in [1.165, 1.54) is 0 Å². The monoisotopic (exact) mass is 280 g/mol. The van der Waals surface area contributed by atoms with E-state index in [4.69, 9.17) is 10.5 Å². The van der Waals surface area contributed by atoms with Crippen molar-refractivity contribution in [3.63, 3.8) is 0 Å². The van der Waals surface area contributed by atoms with Crippen LogP contribution in [0.1, 0.15) is 37.3 Å². The van der Waals surface area contributed by atoms with Gasteiger partial charge in [-0.05, 0) is 26.8 Å². The molecule has 1 aliphatic heterocycles. The Hall–Kier alpha value is -1.89. The molecule has 0 aliphatic carbocycles. The predicted molar refractivity (Wildman–Crippen MR) is 72.1 cm³/mol. The van der Waals surface area contributed by atoms with Gasteiger partial charge in [-0.15, -0.1) is 0 Å². The van der Waals surface area contributed by atoms with Crippen molar-refractivity contribution in [2.24, 2.45) is 5.73 Å². The zero-order valence-corrected chi connectivity index (χ0v) is 12.0. The Labute approximate surface area is 117 Å². The molecule has 7 nitrogen and oxygen atoms in total. The van der Waals surface area contributed by atoms with Gasteiger partial charge in [0.15, 0.2) is 5.60 Å². The minimum Gasteiger partial charge on any atom is -0.367 e. The van der Waals surface area contributed by atoms with E-state index in [1.807, 2.05) is 13.8 Å². The summed E-state index contributed by atoms with van der Waals surface area (Å²) in [6.45, 7) is 6.40. The fraction of sp³-hybridized carbons (Fsp3) is 0.615. The Bertz CT molecular complexity index is 525. The third kappa shape index (κ3) is 2.53. The summed E-state index contributed by atoms with van der Waals surface area (Å²) >= 11 is 0. The first kappa shape index (κ1) is 14.5. The first-order valence-electron chi connectivity index (χ1n) is 6.62. The second-order valence-corrected chi connectivity index (χ2v) is 5.43. The van der Waals surface area contributed by atoms with Gasteiger partial charge in [0.2, 0.25) is 0 Å². The van der Waals surface area contributed by atoms with Crippen molar-refractivity contribution >= 4 is 11.8 Å². The number of nitrogens with zero attached hydrogens (tertiary/aromatic N) is 3. The van der Waals surface area contributed by atoms with Crippen molar-refractivity contribution in [1.29, 1.82) is 0 Å². The van der Waals surface area contributed by atoms with Gasteiger partial charge < -0.3 is 15.4 Å². The molecule has 1 aromatic rings. The predicted octanol–water partition coefficient (Wildman–Crippen LogP) is 0.180. The van der Waals surface area contributed by atoms with Crippen LogP contribution in [0.15, 0.2) is 12.3 Å². The van der Waals surface area contributed by atoms with Gasteiger partial charge in [-0.25, -0.2) is 0 Å². The molecule has 7 heteroatoms. The number of hydrogen-bond donors (Lipinski definition) is 1. The average Bonchev–Trinajstić information content (AvgIpc) is 2.87. The lowest BCUT2D eigenvalue weighted by Gasteiger charge is -2.38. The van der Waals surface area contributed by atoms with E-state index in [0.717, 1.165) is 0 Å². The number of carbonyl (C=O) groups excluding carboxylic acids is 2. The molecular weight excluding hydrogens is 260 g/mol. The van der Waals surface area contributed by atoms with Crippen molar-refractivity contribution in [2.75, 3.05) is 19.7 Å². The standard InChI is InChI=1S/C13H20N4O3/c1-9(2)17-10(4-5-15-17)11(18)16-6-7-20-13(3,8-16)12(14)19/h4-5,9H,6-8H2,1-3H3,(H2,14,19). The van der Waals surface area contributed by atoms with Crippen LogP contribution in [0.4, 0.5) is 0 Å². The number of amides is 2. The first-order valence-corrected chi connectivity index (χ1v) is 6.62. The molecule has 0 radical (unpaired) electrons. The highest BCUT2D eigenvalue weighted by molar-refractivity contribution is 5.93. The lowest BCUT2D eigenvalue weighted by atomic mass is 10.0. The minimum atomic E-state index is -1.13. The summed E-state index contributed by atoms with van der Waals surface area (Å²) in [5.41, 5.74) is 4.72. The van der Waals surface area contributed by atoms with Crippen LogP contribution >= 0.6 is 0 Å². The van der Waals surface area contributed by atoms with Crippen LogP contribution in [-0.4, -0.2) is 51.8 Å². The smallest absolute Gasteiger partial charge is 0.272 e. The Kier molecular flexibility index (Phi) is 3.80. The van der Waals surface area contributed by atoms with E-state index < -0.39 is 11.5 Å². The second kappa shape index (κ2) is 5.24. The maximum Gasteiger partial charge on any atom is 0.272 e. The second-order valence-electron chi connectivity index (χ2n) is 5.43. The van der Waals surface area contributed by atoms with Crippen molar-refractivity contribution in [3.05, 3.63) is 18.0 Å². The Morgan fingerprint density at radius 2 is 2.20 bits per heavy atom. The molecule has 110 valence electrons. The summed E-state index contributed by atoms with van der Waals surface area (Å²) in [6.07, 6.45) is 1.60. The summed E-state index contributed by atoms with van der Waals surface area (Å²) in [5.74, 6) is -0.723. The van der Waals surface area contributed by atoms with Crippen molar-refractivity contribution in [1.82, 2.24) is 14.7 Å². The third-order valence-corrected chi connectivity index (χ3v) is 3.46. The van der Waals surface area contributed by atoms with Crippen LogP contribution in [0.3, 0.4) is 0 Å². The summed E-state index contributed by atoms with van der Waals surface area (Å²) in [5, 5.41) is 4.15. The number of rotatable bonds is 3. The van der Waals surface area contributed by atoms with Crippen molar-refractivity contribution < 1.29 is 14.3 Å². The van der Waals surface area contributed by atoms with E-state index in [-0.39, 0.29) is 18.5 Å². The van der Waals surface area contributed by atoms with Crippen molar-refractivity contribution in [3.8, 4) is 0 Å². The maximum absolute atomic E-state index is 12.6. The maximum atomic E-state index is 12.6. The highest BCUT2D eigenvalue weighted by atomic mass is 16.5. The van der Waals surface area contributed by atoms with Gasteiger partial charge in [0, 0.05) is 18.8 Å². The largest absolute Gasteiger partial charge is 0.367 e. The molecule has 1 saturated heterocycles. The summed E-state index contributed by atoms with van der Waals surface area (Å²) < 4.78 is 7.08. The molecule has 2 rings (SSSR count). The normalized spacial score (nSPS) is 23.1. The lowest BCUT2D eigenvalue weighted by molar-refractivity contribution is -0.150. The number of morpholine rings is 1. The number of hydrogen-bond acceptors (Lipinski definition) is 4. The van der Waals surface area contributed by atoms with Crippen LogP contribution in [0.2, 0.25) is 0 Å². The van der Waals surface area contributed by atoms with E-state index >= 15 is 0 Å². The number of aromatic nitrogens is 2. The first-order chi connectivity index (χ1) is 9.35. The Morgan fingerprint density at radius 3 is 2.80 bits per heavy atom. The fourth-order valence-corrected chi connectivity index (χ4v) is 2.25. The van der Waals surface area contributed by atoms with Crippen LogP contribution in [0.25, 0.3) is 0 Å². The zero-order valence-electron chi connectivity index (χ0n) is 12.0. The van der Waals surface area contributed by atoms with Crippen LogP contribution in [0, 0.1) is 0 Å². The molecule has 2 amide bonds. The van der Waals surface area contributed by atoms with Crippen molar-refractivity contribution in [2.45, 2.75) is 32.4 Å². The quantitative estimate of drug-likeness (QED) is 0.855. The SMILES string of the molecule is CC(C)n1nccc1C(=O)N1CCOC(C)(C(N)=O)C1. The number of primary amides is 1. The minimum absolute atomic E-state index is 0.0903. The van der Waals surface area contributed by atoms with Crippen LogP contribution < -0.4 is 5.73 Å². The van der Waals surface area contributed by atoms with Gasteiger partial charge in [-0.2, -0.15) is 5.10 Å². The summed E-state index contributed by atoms with van der Waals surface area (Å²) in [6, 6.07) is 1.77. The Balaban J connectivity index is 2.21. The van der Waals surface area contributed by atoms with Crippen LogP contribution in [-0.2, 0) is 9.53 Å². The van der Waals surface area contributed by atoms with Gasteiger partial charge >= 0.3 is 0 Å². The third-order valence-electron chi connectivity index (χ3n) is 3.46. The lowest BCUT2D eigenvalue weighted by Crippen LogP contribution is -2.58. The molecule has 1 aromatic heterocycles. The molecular formula is C13H20N4O3. The molecule has 1 aliphatic rings. The summed E-state index contributed by atoms with van der Waals surface area (Å²) in [4.78, 5) is 25.6. The molecule has 20 heavy (non-hydrogen) atoms. The van der Waals surface area contributed by atoms with Gasteiger partial charge in [0.25, 0.3) is 11.8 Å². The van der Waals surface area contributed by atoms with E-state index in [9.17, 15) is 9.59 Å². The molecule has 0 spiro atoms. The molecule has 2 heterocycles. The Morgan fingerprint density at radius 1 is 1.50 bits per heavy atom.